The van der Waals surface area contributed by atoms with Gasteiger partial charge < -0.3 is 15.2 Å². The molecule has 1 atom stereocenters. The van der Waals surface area contributed by atoms with Gasteiger partial charge in [-0.1, -0.05) is 35.4 Å². The van der Waals surface area contributed by atoms with Crippen molar-refractivity contribution >= 4 is 11.6 Å². The Morgan fingerprint density at radius 1 is 1.05 bits per heavy atom. The zero-order valence-electron chi connectivity index (χ0n) is 13.1. The van der Waals surface area contributed by atoms with E-state index in [1.54, 1.807) is 12.1 Å². The normalized spacial score (nSPS) is 13.3. The van der Waals surface area contributed by atoms with Crippen LogP contribution < -0.4 is 10.1 Å². The molecule has 0 saturated heterocycles. The lowest BCUT2D eigenvalue weighted by Gasteiger charge is -2.22. The maximum Gasteiger partial charge on any atom is 0.259 e. The van der Waals surface area contributed by atoms with Gasteiger partial charge in [0.2, 0.25) is 0 Å². The first-order valence-corrected chi connectivity index (χ1v) is 7.17. The van der Waals surface area contributed by atoms with Crippen LogP contribution in [0.4, 0.5) is 5.69 Å². The number of ether oxygens (including phenoxy) is 1. The average molecular weight is 299 g/mol. The molecule has 0 bridgehead atoms. The Bertz CT molecular complexity index is 630. The number of carbonyl (C=O) groups excluding carboxylic acids is 1. The number of aliphatic hydroxyl groups is 1. The van der Waals surface area contributed by atoms with Gasteiger partial charge in [0.25, 0.3) is 5.91 Å². The van der Waals surface area contributed by atoms with Gasteiger partial charge in [-0.15, -0.1) is 0 Å². The van der Waals surface area contributed by atoms with Crippen LogP contribution in [0.1, 0.15) is 18.1 Å². The first-order valence-electron chi connectivity index (χ1n) is 7.17. The van der Waals surface area contributed by atoms with E-state index in [1.165, 1.54) is 6.92 Å². The van der Waals surface area contributed by atoms with E-state index in [9.17, 15) is 9.90 Å². The number of benzene rings is 2. The third kappa shape index (κ3) is 4.33. The Balaban J connectivity index is 1.95. The number of anilines is 1. The highest BCUT2D eigenvalue weighted by atomic mass is 16.5. The summed E-state index contributed by atoms with van der Waals surface area (Å²) < 4.78 is 5.49. The van der Waals surface area contributed by atoms with Gasteiger partial charge >= 0.3 is 0 Å². The number of hydrogen-bond donors (Lipinski definition) is 2. The van der Waals surface area contributed by atoms with Gasteiger partial charge in [-0.05, 0) is 45.0 Å². The van der Waals surface area contributed by atoms with Crippen LogP contribution in [0.2, 0.25) is 0 Å². The zero-order chi connectivity index (χ0) is 16.2. The van der Waals surface area contributed by atoms with Crippen LogP contribution in [0.3, 0.4) is 0 Å². The molecule has 4 nitrogen and oxygen atoms in total. The second-order valence-corrected chi connectivity index (χ2v) is 5.70. The van der Waals surface area contributed by atoms with Gasteiger partial charge in [0.1, 0.15) is 12.4 Å². The Hall–Kier alpha value is -2.33. The predicted octanol–water partition coefficient (Wildman–Crippen LogP) is 3.07. The SMILES string of the molecule is Cc1ccc(NC(=O)C(C)(O)COc2ccc(C)cc2)cc1. The number of aryl methyl sites for hydroxylation is 2. The molecule has 0 aromatic heterocycles. The van der Waals surface area contributed by atoms with Gasteiger partial charge in [-0.25, -0.2) is 0 Å². The Kier molecular flexibility index (Phi) is 4.83. The van der Waals surface area contributed by atoms with Crippen molar-refractivity contribution < 1.29 is 14.6 Å². The summed E-state index contributed by atoms with van der Waals surface area (Å²) in [6.07, 6.45) is 0. The van der Waals surface area contributed by atoms with Crippen molar-refractivity contribution in [3.8, 4) is 5.75 Å². The first kappa shape index (κ1) is 16.0. The van der Waals surface area contributed by atoms with Crippen molar-refractivity contribution in [1.82, 2.24) is 0 Å². The molecule has 0 aliphatic carbocycles. The van der Waals surface area contributed by atoms with Gasteiger partial charge in [-0.3, -0.25) is 4.79 Å². The summed E-state index contributed by atoms with van der Waals surface area (Å²) in [7, 11) is 0. The van der Waals surface area contributed by atoms with Crippen molar-refractivity contribution in [3.63, 3.8) is 0 Å². The monoisotopic (exact) mass is 299 g/mol. The zero-order valence-corrected chi connectivity index (χ0v) is 13.1. The molecule has 0 spiro atoms. The van der Waals surface area contributed by atoms with E-state index in [2.05, 4.69) is 5.32 Å². The van der Waals surface area contributed by atoms with E-state index in [0.717, 1.165) is 11.1 Å². The molecule has 0 saturated carbocycles. The van der Waals surface area contributed by atoms with E-state index < -0.39 is 11.5 Å². The van der Waals surface area contributed by atoms with Crippen LogP contribution >= 0.6 is 0 Å². The summed E-state index contributed by atoms with van der Waals surface area (Å²) in [6.45, 7) is 5.27. The van der Waals surface area contributed by atoms with E-state index >= 15 is 0 Å². The standard InChI is InChI=1S/C18H21NO3/c1-13-4-8-15(9-5-13)19-17(20)18(3,21)12-22-16-10-6-14(2)7-11-16/h4-11,21H,12H2,1-3H3,(H,19,20). The molecule has 2 aromatic rings. The molecule has 0 aliphatic rings. The molecule has 22 heavy (non-hydrogen) atoms. The fourth-order valence-electron chi connectivity index (χ4n) is 1.83. The molecule has 4 heteroatoms. The smallest absolute Gasteiger partial charge is 0.259 e. The Labute approximate surface area is 130 Å². The van der Waals surface area contributed by atoms with Gasteiger partial charge in [-0.2, -0.15) is 0 Å². The van der Waals surface area contributed by atoms with Crippen molar-refractivity contribution in [2.45, 2.75) is 26.4 Å². The fraction of sp³-hybridized carbons (Fsp3) is 0.278. The lowest BCUT2D eigenvalue weighted by molar-refractivity contribution is -0.135. The summed E-state index contributed by atoms with van der Waals surface area (Å²) in [4.78, 5) is 12.2. The number of nitrogens with one attached hydrogen (secondary N) is 1. The van der Waals surface area contributed by atoms with Crippen LogP contribution in [-0.4, -0.2) is 23.2 Å². The van der Waals surface area contributed by atoms with Crippen LogP contribution in [0, 0.1) is 13.8 Å². The first-order chi connectivity index (χ1) is 10.4. The van der Waals surface area contributed by atoms with Crippen LogP contribution in [0.5, 0.6) is 5.75 Å². The number of hydrogen-bond acceptors (Lipinski definition) is 3. The van der Waals surface area contributed by atoms with E-state index in [4.69, 9.17) is 4.74 Å². The highest BCUT2D eigenvalue weighted by Crippen LogP contribution is 2.16. The molecule has 2 N–H and O–H groups in total. The summed E-state index contributed by atoms with van der Waals surface area (Å²) in [5, 5.41) is 13.0. The molecule has 0 aliphatic heterocycles. The van der Waals surface area contributed by atoms with Crippen LogP contribution in [-0.2, 0) is 4.79 Å². The van der Waals surface area contributed by atoms with Crippen molar-refractivity contribution in [2.24, 2.45) is 0 Å². The second-order valence-electron chi connectivity index (χ2n) is 5.70. The van der Waals surface area contributed by atoms with Crippen LogP contribution in [0.15, 0.2) is 48.5 Å². The Morgan fingerprint density at radius 3 is 2.09 bits per heavy atom. The third-order valence-corrected chi connectivity index (χ3v) is 3.34. The molecule has 2 rings (SSSR count). The summed E-state index contributed by atoms with van der Waals surface area (Å²) >= 11 is 0. The minimum atomic E-state index is -1.62. The maximum absolute atomic E-state index is 12.2. The topological polar surface area (TPSA) is 58.6 Å². The quantitative estimate of drug-likeness (QED) is 0.892. The summed E-state index contributed by atoms with van der Waals surface area (Å²) in [5.74, 6) is 0.123. The van der Waals surface area contributed by atoms with Gasteiger partial charge in [0.05, 0.1) is 0 Å². The molecule has 0 fully saturated rings. The molecule has 2 aromatic carbocycles. The predicted molar refractivity (Wildman–Crippen MR) is 87.1 cm³/mol. The minimum absolute atomic E-state index is 0.117. The molecular weight excluding hydrogens is 278 g/mol. The lowest BCUT2D eigenvalue weighted by Crippen LogP contribution is -2.45. The summed E-state index contributed by atoms with van der Waals surface area (Å²) in [6, 6.07) is 14.8. The van der Waals surface area contributed by atoms with Crippen molar-refractivity contribution in [2.75, 3.05) is 11.9 Å². The molecule has 1 amide bonds. The number of amides is 1. The third-order valence-electron chi connectivity index (χ3n) is 3.34. The van der Waals surface area contributed by atoms with Crippen LogP contribution in [0.25, 0.3) is 0 Å². The van der Waals surface area contributed by atoms with Gasteiger partial charge in [0, 0.05) is 5.69 Å². The maximum atomic E-state index is 12.2. The minimum Gasteiger partial charge on any atom is -0.490 e. The molecule has 0 heterocycles. The summed E-state index contributed by atoms with van der Waals surface area (Å²) in [5.41, 5.74) is 1.25. The largest absolute Gasteiger partial charge is 0.490 e. The number of carbonyl (C=O) groups is 1. The highest BCUT2D eigenvalue weighted by Gasteiger charge is 2.31. The van der Waals surface area contributed by atoms with Gasteiger partial charge in [0.15, 0.2) is 5.60 Å². The molecule has 0 radical (unpaired) electrons. The molecular formula is C18H21NO3. The molecule has 116 valence electrons. The van der Waals surface area contributed by atoms with E-state index in [1.807, 2.05) is 50.2 Å². The number of rotatable bonds is 5. The molecule has 1 unspecified atom stereocenters. The van der Waals surface area contributed by atoms with Crippen molar-refractivity contribution in [3.05, 3.63) is 59.7 Å². The van der Waals surface area contributed by atoms with Crippen molar-refractivity contribution in [1.29, 1.82) is 0 Å². The van der Waals surface area contributed by atoms with E-state index in [0.29, 0.717) is 11.4 Å². The lowest BCUT2D eigenvalue weighted by atomic mass is 10.1. The fourth-order valence-corrected chi connectivity index (χ4v) is 1.83. The Morgan fingerprint density at radius 2 is 1.55 bits per heavy atom. The highest BCUT2D eigenvalue weighted by molar-refractivity contribution is 5.96. The average Bonchev–Trinajstić information content (AvgIpc) is 2.49. The van der Waals surface area contributed by atoms with E-state index in [-0.39, 0.29) is 6.61 Å². The second kappa shape index (κ2) is 6.62.